The molecule has 3 nitrogen and oxygen atoms in total. The lowest BCUT2D eigenvalue weighted by atomic mass is 10.2. The first-order valence-electron chi connectivity index (χ1n) is 6.58. The minimum absolute atomic E-state index is 0.671. The van der Waals surface area contributed by atoms with Gasteiger partial charge in [0.05, 0.1) is 11.4 Å². The Hall–Kier alpha value is -1.13. The summed E-state index contributed by atoms with van der Waals surface area (Å²) in [5.74, 6) is 0.671. The number of nitrogens with zero attached hydrogens (tertiary/aromatic N) is 2. The van der Waals surface area contributed by atoms with Crippen molar-refractivity contribution in [3.63, 3.8) is 0 Å². The van der Waals surface area contributed by atoms with Crippen LogP contribution in [0.1, 0.15) is 25.1 Å². The van der Waals surface area contributed by atoms with Crippen molar-refractivity contribution < 1.29 is 0 Å². The van der Waals surface area contributed by atoms with Crippen LogP contribution in [-0.2, 0) is 6.54 Å². The van der Waals surface area contributed by atoms with Crippen LogP contribution in [0, 0.1) is 12.8 Å². The van der Waals surface area contributed by atoms with E-state index in [4.69, 9.17) is 0 Å². The Morgan fingerprint density at radius 2 is 2.11 bits per heavy atom. The quantitative estimate of drug-likeness (QED) is 0.910. The molecule has 0 amide bonds. The van der Waals surface area contributed by atoms with E-state index in [0.717, 1.165) is 28.9 Å². The van der Waals surface area contributed by atoms with Crippen LogP contribution in [0.3, 0.4) is 0 Å². The normalized spacial score (nSPS) is 11.2. The van der Waals surface area contributed by atoms with Gasteiger partial charge in [0.1, 0.15) is 0 Å². The predicted molar refractivity (Wildman–Crippen MR) is 82.5 cm³/mol. The lowest BCUT2D eigenvalue weighted by molar-refractivity contribution is 0.552. The van der Waals surface area contributed by atoms with E-state index in [1.165, 1.54) is 5.56 Å². The molecule has 0 atom stereocenters. The molecule has 1 aromatic heterocycles. The number of hydrogen-bond donors (Lipinski definition) is 1. The number of rotatable bonds is 5. The summed E-state index contributed by atoms with van der Waals surface area (Å²) in [5.41, 5.74) is 3.37. The Morgan fingerprint density at radius 1 is 1.32 bits per heavy atom. The molecule has 102 valence electrons. The predicted octanol–water partition coefficient (Wildman–Crippen LogP) is 3.69. The van der Waals surface area contributed by atoms with E-state index in [-0.39, 0.29) is 0 Å². The molecule has 0 aliphatic rings. The van der Waals surface area contributed by atoms with E-state index in [0.29, 0.717) is 5.92 Å². The molecule has 2 aromatic rings. The summed E-state index contributed by atoms with van der Waals surface area (Å²) < 4.78 is 3.01. The van der Waals surface area contributed by atoms with Gasteiger partial charge in [-0.2, -0.15) is 5.10 Å². The summed E-state index contributed by atoms with van der Waals surface area (Å²) >= 11 is 3.64. The second kappa shape index (κ2) is 6.35. The molecule has 0 spiro atoms. The van der Waals surface area contributed by atoms with Crippen LogP contribution in [-0.4, -0.2) is 16.3 Å². The fourth-order valence-corrected chi connectivity index (χ4v) is 2.38. The molecule has 0 saturated heterocycles. The number of benzene rings is 1. The van der Waals surface area contributed by atoms with Crippen molar-refractivity contribution in [2.75, 3.05) is 6.54 Å². The van der Waals surface area contributed by atoms with Gasteiger partial charge >= 0.3 is 0 Å². The summed E-state index contributed by atoms with van der Waals surface area (Å²) in [4.78, 5) is 0. The van der Waals surface area contributed by atoms with Gasteiger partial charge in [-0.25, -0.2) is 4.68 Å². The Morgan fingerprint density at radius 3 is 2.68 bits per heavy atom. The molecule has 4 heteroatoms. The minimum Gasteiger partial charge on any atom is -0.312 e. The molecule has 0 unspecified atom stereocenters. The van der Waals surface area contributed by atoms with Gasteiger partial charge in [-0.05, 0) is 43.1 Å². The van der Waals surface area contributed by atoms with Gasteiger partial charge in [0.15, 0.2) is 0 Å². The first kappa shape index (κ1) is 14.3. The van der Waals surface area contributed by atoms with Crippen molar-refractivity contribution in [1.29, 1.82) is 0 Å². The molecule has 19 heavy (non-hydrogen) atoms. The highest BCUT2D eigenvalue weighted by Crippen LogP contribution is 2.20. The van der Waals surface area contributed by atoms with Gasteiger partial charge in [0.2, 0.25) is 0 Å². The molecule has 0 aliphatic carbocycles. The summed E-state index contributed by atoms with van der Waals surface area (Å²) in [6, 6.07) is 8.36. The monoisotopic (exact) mass is 321 g/mol. The maximum atomic E-state index is 4.42. The van der Waals surface area contributed by atoms with Crippen molar-refractivity contribution in [2.45, 2.75) is 27.3 Å². The zero-order chi connectivity index (χ0) is 13.8. The fourth-order valence-electron chi connectivity index (χ4n) is 1.88. The third-order valence-corrected chi connectivity index (χ3v) is 3.63. The molecule has 1 N–H and O–H groups in total. The van der Waals surface area contributed by atoms with Crippen LogP contribution in [0.15, 0.2) is 34.9 Å². The first-order valence-corrected chi connectivity index (χ1v) is 7.37. The van der Waals surface area contributed by atoms with Gasteiger partial charge < -0.3 is 5.32 Å². The van der Waals surface area contributed by atoms with Crippen LogP contribution in [0.25, 0.3) is 5.69 Å². The van der Waals surface area contributed by atoms with Gasteiger partial charge in [-0.3, -0.25) is 0 Å². The standard InChI is InChI=1S/C15H20BrN3/c1-11(2)9-17-10-13-4-5-14(8-15(13)16)19-7-6-12(3)18-19/h4-8,11,17H,9-10H2,1-3H3. The van der Waals surface area contributed by atoms with Gasteiger partial charge in [0, 0.05) is 17.2 Å². The molecule has 2 rings (SSSR count). The molecule has 0 saturated carbocycles. The molecular formula is C15H20BrN3. The Bertz CT molecular complexity index is 546. The fraction of sp³-hybridized carbons (Fsp3) is 0.400. The average molecular weight is 322 g/mol. The number of aromatic nitrogens is 2. The number of halogens is 1. The van der Waals surface area contributed by atoms with Crippen LogP contribution in [0.4, 0.5) is 0 Å². The number of aryl methyl sites for hydroxylation is 1. The molecule has 0 fully saturated rings. The van der Waals surface area contributed by atoms with Gasteiger partial charge in [-0.15, -0.1) is 0 Å². The Balaban J connectivity index is 2.09. The zero-order valence-electron chi connectivity index (χ0n) is 11.7. The number of hydrogen-bond acceptors (Lipinski definition) is 2. The highest BCUT2D eigenvalue weighted by atomic mass is 79.9. The molecule has 0 bridgehead atoms. The zero-order valence-corrected chi connectivity index (χ0v) is 13.2. The topological polar surface area (TPSA) is 29.9 Å². The van der Waals surface area contributed by atoms with E-state index in [1.807, 2.05) is 23.9 Å². The summed E-state index contributed by atoms with van der Waals surface area (Å²) in [7, 11) is 0. The van der Waals surface area contributed by atoms with Crippen LogP contribution in [0.2, 0.25) is 0 Å². The van der Waals surface area contributed by atoms with Crippen molar-refractivity contribution in [2.24, 2.45) is 5.92 Å². The first-order chi connectivity index (χ1) is 9.06. The van der Waals surface area contributed by atoms with Crippen molar-refractivity contribution in [3.05, 3.63) is 46.2 Å². The third kappa shape index (κ3) is 3.91. The summed E-state index contributed by atoms with van der Waals surface area (Å²) in [5, 5.41) is 7.87. The van der Waals surface area contributed by atoms with Crippen LogP contribution in [0.5, 0.6) is 0 Å². The second-order valence-corrected chi connectivity index (χ2v) is 6.06. The summed E-state index contributed by atoms with van der Waals surface area (Å²) in [6.07, 6.45) is 1.98. The molecule has 0 radical (unpaired) electrons. The van der Waals surface area contributed by atoms with Gasteiger partial charge in [0.25, 0.3) is 0 Å². The maximum absolute atomic E-state index is 4.42. The van der Waals surface area contributed by atoms with E-state index >= 15 is 0 Å². The molecule has 0 aliphatic heterocycles. The molecular weight excluding hydrogens is 302 g/mol. The number of nitrogens with one attached hydrogen (secondary N) is 1. The SMILES string of the molecule is Cc1ccn(-c2ccc(CNCC(C)C)c(Br)c2)n1. The van der Waals surface area contributed by atoms with Crippen molar-refractivity contribution in [1.82, 2.24) is 15.1 Å². The van der Waals surface area contributed by atoms with E-state index < -0.39 is 0 Å². The average Bonchev–Trinajstić information content (AvgIpc) is 2.77. The van der Waals surface area contributed by atoms with Gasteiger partial charge in [-0.1, -0.05) is 35.8 Å². The van der Waals surface area contributed by atoms with Crippen molar-refractivity contribution in [3.8, 4) is 5.69 Å². The molecule has 1 heterocycles. The largest absolute Gasteiger partial charge is 0.312 e. The Labute approximate surface area is 123 Å². The van der Waals surface area contributed by atoms with E-state index in [1.54, 1.807) is 0 Å². The second-order valence-electron chi connectivity index (χ2n) is 5.20. The molecule has 1 aromatic carbocycles. The van der Waals surface area contributed by atoms with E-state index in [2.05, 4.69) is 58.4 Å². The summed E-state index contributed by atoms with van der Waals surface area (Å²) in [6.45, 7) is 8.34. The van der Waals surface area contributed by atoms with Crippen LogP contribution < -0.4 is 5.32 Å². The highest BCUT2D eigenvalue weighted by molar-refractivity contribution is 9.10. The lowest BCUT2D eigenvalue weighted by Gasteiger charge is -2.10. The van der Waals surface area contributed by atoms with Crippen LogP contribution >= 0.6 is 15.9 Å². The maximum Gasteiger partial charge on any atom is 0.0657 e. The highest BCUT2D eigenvalue weighted by Gasteiger charge is 2.04. The smallest absolute Gasteiger partial charge is 0.0657 e. The Kier molecular flexibility index (Phi) is 4.77. The third-order valence-electron chi connectivity index (χ3n) is 2.89. The minimum atomic E-state index is 0.671. The lowest BCUT2D eigenvalue weighted by Crippen LogP contribution is -2.19. The van der Waals surface area contributed by atoms with E-state index in [9.17, 15) is 0 Å². The van der Waals surface area contributed by atoms with Crippen molar-refractivity contribution >= 4 is 15.9 Å².